The Bertz CT molecular complexity index is 805. The summed E-state index contributed by atoms with van der Waals surface area (Å²) in [6.45, 7) is 6.78. The molecule has 0 radical (unpaired) electrons. The summed E-state index contributed by atoms with van der Waals surface area (Å²) in [7, 11) is 0. The third kappa shape index (κ3) is 4.31. The molecule has 2 aromatic heterocycles. The lowest BCUT2D eigenvalue weighted by molar-refractivity contribution is 0.269. The smallest absolute Gasteiger partial charge is 0.174 e. The van der Waals surface area contributed by atoms with Crippen molar-refractivity contribution in [1.29, 1.82) is 0 Å². The number of nitrogens with one attached hydrogen (secondary N) is 1. The molecule has 3 rings (SSSR count). The van der Waals surface area contributed by atoms with E-state index in [9.17, 15) is 0 Å². The summed E-state index contributed by atoms with van der Waals surface area (Å²) in [5, 5.41) is 3.98. The van der Waals surface area contributed by atoms with Crippen molar-refractivity contribution in [3.63, 3.8) is 0 Å². The third-order valence-electron chi connectivity index (χ3n) is 4.06. The highest BCUT2D eigenvalue weighted by Crippen LogP contribution is 2.25. The number of nitrogens with zero attached hydrogens (tertiary/aromatic N) is 1. The molecule has 0 saturated heterocycles. The number of thiocarbonyl (C=S) groups is 1. The lowest BCUT2D eigenvalue weighted by Crippen LogP contribution is -2.36. The lowest BCUT2D eigenvalue weighted by Gasteiger charge is -2.30. The molecule has 0 amide bonds. The molecule has 0 spiro atoms. The van der Waals surface area contributed by atoms with Crippen LogP contribution in [0.25, 0.3) is 0 Å². The Balaban J connectivity index is 1.83. The van der Waals surface area contributed by atoms with Gasteiger partial charge in [-0.05, 0) is 80.5 Å². The zero-order valence-corrected chi connectivity index (χ0v) is 15.5. The number of hydrogen-bond donors (Lipinski definition) is 1. The molecule has 4 nitrogen and oxygen atoms in total. The summed E-state index contributed by atoms with van der Waals surface area (Å²) < 4.78 is 11.1. The molecule has 0 bridgehead atoms. The largest absolute Gasteiger partial charge is 0.467 e. The summed E-state index contributed by atoms with van der Waals surface area (Å²) >= 11 is 5.70. The van der Waals surface area contributed by atoms with E-state index in [0.717, 1.165) is 17.2 Å². The molecule has 1 unspecified atom stereocenters. The molecule has 1 N–H and O–H groups in total. The second-order valence-corrected chi connectivity index (χ2v) is 6.59. The van der Waals surface area contributed by atoms with Crippen LogP contribution in [0.15, 0.2) is 63.8 Å². The van der Waals surface area contributed by atoms with E-state index in [0.29, 0.717) is 11.7 Å². The molecule has 0 saturated carbocycles. The first-order valence-electron chi connectivity index (χ1n) is 8.24. The molecule has 0 aliphatic heterocycles. The number of hydrogen-bond acceptors (Lipinski definition) is 3. The number of furan rings is 2. The van der Waals surface area contributed by atoms with Gasteiger partial charge < -0.3 is 19.1 Å². The molecule has 0 aliphatic rings. The van der Waals surface area contributed by atoms with Gasteiger partial charge in [0.2, 0.25) is 0 Å². The van der Waals surface area contributed by atoms with Crippen LogP contribution in [-0.2, 0) is 6.54 Å². The first-order valence-corrected chi connectivity index (χ1v) is 8.65. The van der Waals surface area contributed by atoms with Crippen LogP contribution in [0.2, 0.25) is 0 Å². The van der Waals surface area contributed by atoms with Gasteiger partial charge in [-0.2, -0.15) is 0 Å². The van der Waals surface area contributed by atoms with Gasteiger partial charge in [0.25, 0.3) is 0 Å². The minimum absolute atomic E-state index is 0.0222. The monoisotopic (exact) mass is 354 g/mol. The van der Waals surface area contributed by atoms with E-state index >= 15 is 0 Å². The standard InChI is InChI=1S/C20H22N2O2S/c1-14-10-15(2)12-17(11-14)21-20(25)22(13-18-6-4-8-23-18)16(3)19-7-5-9-24-19/h4-12,16H,13H2,1-3H3,(H,21,25). The van der Waals surface area contributed by atoms with E-state index in [4.69, 9.17) is 21.1 Å². The van der Waals surface area contributed by atoms with Gasteiger partial charge in [0.15, 0.2) is 5.11 Å². The van der Waals surface area contributed by atoms with Crippen molar-refractivity contribution in [1.82, 2.24) is 4.90 Å². The van der Waals surface area contributed by atoms with Crippen molar-refractivity contribution >= 4 is 23.0 Å². The fourth-order valence-electron chi connectivity index (χ4n) is 2.88. The average molecular weight is 354 g/mol. The number of anilines is 1. The molecule has 2 heterocycles. The number of aryl methyl sites for hydroxylation is 2. The second kappa shape index (κ2) is 7.57. The Morgan fingerprint density at radius 2 is 1.76 bits per heavy atom. The van der Waals surface area contributed by atoms with Crippen LogP contribution in [0.4, 0.5) is 5.69 Å². The van der Waals surface area contributed by atoms with Crippen LogP contribution in [-0.4, -0.2) is 10.0 Å². The summed E-state index contributed by atoms with van der Waals surface area (Å²) in [5.41, 5.74) is 3.38. The molecular formula is C20H22N2O2S. The maximum absolute atomic E-state index is 5.70. The molecule has 1 aromatic carbocycles. The zero-order chi connectivity index (χ0) is 17.8. The molecule has 25 heavy (non-hydrogen) atoms. The van der Waals surface area contributed by atoms with Gasteiger partial charge in [-0.15, -0.1) is 0 Å². The van der Waals surface area contributed by atoms with Crippen LogP contribution < -0.4 is 5.32 Å². The SMILES string of the molecule is Cc1cc(C)cc(NC(=S)N(Cc2ccco2)C(C)c2ccco2)c1. The lowest BCUT2D eigenvalue weighted by atomic mass is 10.1. The van der Waals surface area contributed by atoms with Gasteiger partial charge in [0.1, 0.15) is 11.5 Å². The maximum Gasteiger partial charge on any atom is 0.174 e. The molecule has 5 heteroatoms. The van der Waals surface area contributed by atoms with Crippen molar-refractivity contribution in [3.8, 4) is 0 Å². The first-order chi connectivity index (χ1) is 12.0. The summed E-state index contributed by atoms with van der Waals surface area (Å²) in [6.07, 6.45) is 3.35. The van der Waals surface area contributed by atoms with Crippen molar-refractivity contribution < 1.29 is 8.83 Å². The van der Waals surface area contributed by atoms with E-state index in [-0.39, 0.29) is 6.04 Å². The quantitative estimate of drug-likeness (QED) is 0.617. The average Bonchev–Trinajstić information content (AvgIpc) is 3.24. The van der Waals surface area contributed by atoms with Crippen LogP contribution in [0, 0.1) is 13.8 Å². The Kier molecular flexibility index (Phi) is 5.24. The Morgan fingerprint density at radius 3 is 2.36 bits per heavy atom. The fourth-order valence-corrected chi connectivity index (χ4v) is 3.22. The van der Waals surface area contributed by atoms with Crippen LogP contribution in [0.1, 0.15) is 35.6 Å². The Hall–Kier alpha value is -2.53. The molecule has 0 fully saturated rings. The van der Waals surface area contributed by atoms with Gasteiger partial charge in [0, 0.05) is 5.69 Å². The number of rotatable bonds is 5. The minimum Gasteiger partial charge on any atom is -0.467 e. The predicted octanol–water partition coefficient (Wildman–Crippen LogP) is 5.45. The topological polar surface area (TPSA) is 41.5 Å². The van der Waals surface area contributed by atoms with Crippen molar-refractivity contribution in [3.05, 3.63) is 77.6 Å². The Labute approximate surface area is 153 Å². The van der Waals surface area contributed by atoms with Crippen molar-refractivity contribution in [2.24, 2.45) is 0 Å². The molecule has 130 valence electrons. The highest BCUT2D eigenvalue weighted by atomic mass is 32.1. The van der Waals surface area contributed by atoms with E-state index in [1.165, 1.54) is 11.1 Å². The normalized spacial score (nSPS) is 12.0. The van der Waals surface area contributed by atoms with E-state index in [1.807, 2.05) is 24.3 Å². The van der Waals surface area contributed by atoms with Gasteiger partial charge in [-0.1, -0.05) is 6.07 Å². The maximum atomic E-state index is 5.70. The third-order valence-corrected chi connectivity index (χ3v) is 4.40. The summed E-state index contributed by atoms with van der Waals surface area (Å²) in [6, 6.07) is 14.0. The first kappa shape index (κ1) is 17.3. The number of benzene rings is 1. The zero-order valence-electron chi connectivity index (χ0n) is 14.7. The van der Waals surface area contributed by atoms with Crippen LogP contribution in [0.5, 0.6) is 0 Å². The van der Waals surface area contributed by atoms with Crippen LogP contribution in [0.3, 0.4) is 0 Å². The molecule has 0 aliphatic carbocycles. The minimum atomic E-state index is -0.0222. The van der Waals surface area contributed by atoms with E-state index in [1.54, 1.807) is 12.5 Å². The van der Waals surface area contributed by atoms with E-state index < -0.39 is 0 Å². The van der Waals surface area contributed by atoms with Crippen molar-refractivity contribution in [2.45, 2.75) is 33.4 Å². The molecular weight excluding hydrogens is 332 g/mol. The van der Waals surface area contributed by atoms with Gasteiger partial charge in [-0.25, -0.2) is 0 Å². The van der Waals surface area contributed by atoms with Gasteiger partial charge in [0.05, 0.1) is 25.1 Å². The fraction of sp³-hybridized carbons (Fsp3) is 0.250. The summed E-state index contributed by atoms with van der Waals surface area (Å²) in [4.78, 5) is 2.06. The highest BCUT2D eigenvalue weighted by molar-refractivity contribution is 7.80. The second-order valence-electron chi connectivity index (χ2n) is 6.21. The molecule has 3 aromatic rings. The van der Waals surface area contributed by atoms with E-state index in [2.05, 4.69) is 49.2 Å². The highest BCUT2D eigenvalue weighted by Gasteiger charge is 2.22. The Morgan fingerprint density at radius 1 is 1.08 bits per heavy atom. The van der Waals surface area contributed by atoms with Crippen LogP contribution >= 0.6 is 12.2 Å². The van der Waals surface area contributed by atoms with Crippen molar-refractivity contribution in [2.75, 3.05) is 5.32 Å². The molecule has 1 atom stereocenters. The van der Waals surface area contributed by atoms with Gasteiger partial charge in [-0.3, -0.25) is 0 Å². The predicted molar refractivity (Wildman–Crippen MR) is 104 cm³/mol. The summed E-state index contributed by atoms with van der Waals surface area (Å²) in [5.74, 6) is 1.71. The van der Waals surface area contributed by atoms with Gasteiger partial charge >= 0.3 is 0 Å².